The number of β-amino-alcohol motifs (C(OH)–C–C–N with tert-alkyl or cyclic N) is 1. The number of halogens is 5. The van der Waals surface area contributed by atoms with E-state index in [1.165, 1.54) is 0 Å². The average Bonchev–Trinajstić information content (AvgIpc) is 2.70. The molecule has 11 heteroatoms. The molecule has 0 saturated carbocycles. The second-order valence-electron chi connectivity index (χ2n) is 7.02. The number of nitrogens with zero attached hydrogens (tertiary/aromatic N) is 3. The number of aliphatic hydroxyl groups excluding tert-OH is 1. The molecule has 0 aliphatic carbocycles. The van der Waals surface area contributed by atoms with E-state index in [1.807, 2.05) is 0 Å². The van der Waals surface area contributed by atoms with Crippen LogP contribution in [0.4, 0.5) is 19.1 Å². The normalized spacial score (nSPS) is 17.0. The van der Waals surface area contributed by atoms with Gasteiger partial charge in [0.05, 0.1) is 10.0 Å². The predicted octanol–water partition coefficient (Wildman–Crippen LogP) is 4.12. The van der Waals surface area contributed by atoms with E-state index in [0.717, 1.165) is 12.3 Å². The number of anilines is 1. The highest BCUT2D eigenvalue weighted by Crippen LogP contribution is 2.28. The lowest BCUT2D eigenvalue weighted by Gasteiger charge is -2.33. The largest absolute Gasteiger partial charge is 0.491 e. The van der Waals surface area contributed by atoms with Crippen molar-refractivity contribution in [1.82, 2.24) is 14.9 Å². The van der Waals surface area contributed by atoms with Crippen LogP contribution in [0.1, 0.15) is 18.5 Å². The number of hydrogen-bond acceptors (Lipinski definition) is 6. The zero-order valence-corrected chi connectivity index (χ0v) is 17.4. The second kappa shape index (κ2) is 10.00. The summed E-state index contributed by atoms with van der Waals surface area (Å²) in [4.78, 5) is 9.48. The third kappa shape index (κ3) is 6.60. The van der Waals surface area contributed by atoms with Gasteiger partial charge < -0.3 is 20.1 Å². The van der Waals surface area contributed by atoms with Crippen molar-refractivity contribution in [3.05, 3.63) is 46.2 Å². The summed E-state index contributed by atoms with van der Waals surface area (Å²) in [6.07, 6.45) is -2.72. The molecule has 164 valence electrons. The molecule has 1 saturated heterocycles. The third-order valence-corrected chi connectivity index (χ3v) is 5.41. The zero-order chi connectivity index (χ0) is 21.7. The van der Waals surface area contributed by atoms with Gasteiger partial charge in [0.2, 0.25) is 5.95 Å². The molecule has 1 aliphatic heterocycles. The first kappa shape index (κ1) is 22.9. The summed E-state index contributed by atoms with van der Waals surface area (Å²) in [6.45, 7) is 1.89. The van der Waals surface area contributed by atoms with Crippen molar-refractivity contribution in [2.24, 2.45) is 0 Å². The molecule has 3 rings (SSSR count). The van der Waals surface area contributed by atoms with Crippen molar-refractivity contribution in [2.75, 3.05) is 31.6 Å². The van der Waals surface area contributed by atoms with Crippen molar-refractivity contribution in [1.29, 1.82) is 0 Å². The van der Waals surface area contributed by atoms with E-state index in [-0.39, 0.29) is 18.6 Å². The molecule has 2 heterocycles. The summed E-state index contributed by atoms with van der Waals surface area (Å²) in [6, 6.07) is 5.69. The standard InChI is InChI=1S/C19H21Cl2F3N4O2/c20-15-2-1-14(9-16(15)21)30-11-13(29)10-28-7-4-12(5-8-28)26-18-25-6-3-17(27-18)19(22,23)24/h1-3,6,9,12-13,29H,4-5,7-8,10-11H2,(H,25,26,27)/t13-/m0/s1. The number of alkyl halides is 3. The van der Waals surface area contributed by atoms with Gasteiger partial charge in [-0.15, -0.1) is 0 Å². The van der Waals surface area contributed by atoms with Crippen LogP contribution in [0.25, 0.3) is 0 Å². The smallest absolute Gasteiger partial charge is 0.433 e. The monoisotopic (exact) mass is 464 g/mol. The summed E-state index contributed by atoms with van der Waals surface area (Å²) >= 11 is 11.8. The minimum atomic E-state index is -4.50. The van der Waals surface area contributed by atoms with Crippen molar-refractivity contribution in [2.45, 2.75) is 31.2 Å². The summed E-state index contributed by atoms with van der Waals surface area (Å²) < 4.78 is 43.8. The second-order valence-corrected chi connectivity index (χ2v) is 7.84. The number of ether oxygens (including phenoxy) is 1. The number of aromatic nitrogens is 2. The molecule has 0 unspecified atom stereocenters. The minimum absolute atomic E-state index is 0.0293. The molecule has 0 spiro atoms. The first-order valence-electron chi connectivity index (χ1n) is 9.36. The average molecular weight is 465 g/mol. The Morgan fingerprint density at radius 1 is 1.20 bits per heavy atom. The summed E-state index contributed by atoms with van der Waals surface area (Å²) in [5.41, 5.74) is -0.970. The van der Waals surface area contributed by atoms with Gasteiger partial charge in [0.25, 0.3) is 0 Å². The Bertz CT molecular complexity index is 849. The summed E-state index contributed by atoms with van der Waals surface area (Å²) in [7, 11) is 0. The number of nitrogens with one attached hydrogen (secondary N) is 1. The van der Waals surface area contributed by atoms with Gasteiger partial charge in [-0.05, 0) is 31.0 Å². The molecular formula is C19H21Cl2F3N4O2. The fourth-order valence-electron chi connectivity index (χ4n) is 3.14. The minimum Gasteiger partial charge on any atom is -0.491 e. The Morgan fingerprint density at radius 3 is 2.60 bits per heavy atom. The maximum atomic E-state index is 12.8. The van der Waals surface area contributed by atoms with E-state index < -0.39 is 18.0 Å². The van der Waals surface area contributed by atoms with Crippen LogP contribution >= 0.6 is 23.2 Å². The van der Waals surface area contributed by atoms with Crippen LogP contribution in [-0.4, -0.2) is 58.4 Å². The van der Waals surface area contributed by atoms with Crippen molar-refractivity contribution in [3.63, 3.8) is 0 Å². The first-order chi connectivity index (χ1) is 14.2. The number of rotatable bonds is 7. The van der Waals surface area contributed by atoms with Gasteiger partial charge in [-0.25, -0.2) is 9.97 Å². The molecule has 2 N–H and O–H groups in total. The van der Waals surface area contributed by atoms with E-state index in [9.17, 15) is 18.3 Å². The third-order valence-electron chi connectivity index (χ3n) is 4.67. The lowest BCUT2D eigenvalue weighted by Crippen LogP contribution is -2.43. The summed E-state index contributed by atoms with van der Waals surface area (Å²) in [5, 5.41) is 14.0. The Hall–Kier alpha value is -1.81. The Morgan fingerprint density at radius 2 is 1.93 bits per heavy atom. The van der Waals surface area contributed by atoms with Crippen LogP contribution in [0.3, 0.4) is 0 Å². The lowest BCUT2D eigenvalue weighted by atomic mass is 10.0. The van der Waals surface area contributed by atoms with Gasteiger partial charge >= 0.3 is 6.18 Å². The van der Waals surface area contributed by atoms with Gasteiger partial charge in [0.15, 0.2) is 0 Å². The van der Waals surface area contributed by atoms with Crippen LogP contribution in [0.15, 0.2) is 30.5 Å². The lowest BCUT2D eigenvalue weighted by molar-refractivity contribution is -0.141. The molecule has 6 nitrogen and oxygen atoms in total. The number of aliphatic hydroxyl groups is 1. The molecule has 0 bridgehead atoms. The topological polar surface area (TPSA) is 70.5 Å². The number of benzene rings is 1. The van der Waals surface area contributed by atoms with E-state index in [1.54, 1.807) is 18.2 Å². The maximum Gasteiger partial charge on any atom is 0.433 e. The van der Waals surface area contributed by atoms with Gasteiger partial charge in [0, 0.05) is 37.9 Å². The molecule has 1 aliphatic rings. The Kier molecular flexibility index (Phi) is 7.62. The molecule has 1 aromatic heterocycles. The van der Waals surface area contributed by atoms with Crippen LogP contribution in [0.5, 0.6) is 5.75 Å². The van der Waals surface area contributed by atoms with Gasteiger partial charge in [-0.1, -0.05) is 23.2 Å². The molecule has 1 atom stereocenters. The molecule has 0 amide bonds. The molecular weight excluding hydrogens is 444 g/mol. The number of hydrogen-bond donors (Lipinski definition) is 2. The molecule has 0 radical (unpaired) electrons. The number of piperidine rings is 1. The molecule has 30 heavy (non-hydrogen) atoms. The van der Waals surface area contributed by atoms with Crippen molar-refractivity contribution >= 4 is 29.2 Å². The quantitative estimate of drug-likeness (QED) is 0.642. The highest BCUT2D eigenvalue weighted by Gasteiger charge is 2.33. The van der Waals surface area contributed by atoms with E-state index >= 15 is 0 Å². The molecule has 2 aromatic rings. The Labute approximate surface area is 182 Å². The van der Waals surface area contributed by atoms with Crippen molar-refractivity contribution < 1.29 is 23.0 Å². The van der Waals surface area contributed by atoms with E-state index in [0.29, 0.717) is 48.3 Å². The van der Waals surface area contributed by atoms with Gasteiger partial charge in [-0.2, -0.15) is 13.2 Å². The maximum absolute atomic E-state index is 12.8. The fourth-order valence-corrected chi connectivity index (χ4v) is 3.43. The first-order valence-corrected chi connectivity index (χ1v) is 10.1. The zero-order valence-electron chi connectivity index (χ0n) is 15.9. The van der Waals surface area contributed by atoms with Crippen LogP contribution in [0.2, 0.25) is 10.0 Å². The van der Waals surface area contributed by atoms with E-state index in [4.69, 9.17) is 27.9 Å². The van der Waals surface area contributed by atoms with Crippen molar-refractivity contribution in [3.8, 4) is 5.75 Å². The highest BCUT2D eigenvalue weighted by atomic mass is 35.5. The van der Waals surface area contributed by atoms with Crippen LogP contribution in [-0.2, 0) is 6.18 Å². The number of likely N-dealkylation sites (tertiary alicyclic amines) is 1. The predicted molar refractivity (Wildman–Crippen MR) is 108 cm³/mol. The van der Waals surface area contributed by atoms with Gasteiger partial charge in [-0.3, -0.25) is 0 Å². The summed E-state index contributed by atoms with van der Waals surface area (Å²) in [5.74, 6) is 0.491. The van der Waals surface area contributed by atoms with Crippen LogP contribution in [0, 0.1) is 0 Å². The van der Waals surface area contributed by atoms with Crippen LogP contribution < -0.4 is 10.1 Å². The van der Waals surface area contributed by atoms with Gasteiger partial charge in [0.1, 0.15) is 24.2 Å². The molecule has 1 fully saturated rings. The molecule has 1 aromatic carbocycles. The fraction of sp³-hybridized carbons (Fsp3) is 0.474. The Balaban J connectivity index is 1.41. The van der Waals surface area contributed by atoms with E-state index in [2.05, 4.69) is 20.2 Å². The SMILES string of the molecule is O[C@H](COc1ccc(Cl)c(Cl)c1)CN1CCC(Nc2nccc(C(F)(F)F)n2)CC1. The highest BCUT2D eigenvalue weighted by molar-refractivity contribution is 6.42.